The smallest absolute Gasteiger partial charge is 0.153 e. The Morgan fingerprint density at radius 3 is 2.82 bits per heavy atom. The molecule has 88 valence electrons. The molecule has 3 N–H and O–H groups in total. The van der Waals surface area contributed by atoms with E-state index in [9.17, 15) is 0 Å². The molecule has 1 aromatic carbocycles. The Hall–Kier alpha value is -1.48. The monoisotopic (exact) mass is 247 g/mol. The summed E-state index contributed by atoms with van der Waals surface area (Å²) < 4.78 is 0. The van der Waals surface area contributed by atoms with Crippen molar-refractivity contribution >= 4 is 17.4 Å². The normalized spacial score (nSPS) is 15.8. The fourth-order valence-corrected chi connectivity index (χ4v) is 2.50. The first kappa shape index (κ1) is 10.7. The molecular formula is C13H14ClN3. The van der Waals surface area contributed by atoms with Gasteiger partial charge in [-0.15, -0.1) is 0 Å². The summed E-state index contributed by atoms with van der Waals surface area (Å²) in [5.74, 6) is 1.14. The molecular weight excluding hydrogens is 234 g/mol. The Labute approximate surface area is 105 Å². The number of nitrogens with one attached hydrogen (secondary N) is 1. The largest absolute Gasteiger partial charge is 0.382 e. The van der Waals surface area contributed by atoms with Crippen LogP contribution >= 0.6 is 11.6 Å². The summed E-state index contributed by atoms with van der Waals surface area (Å²) in [7, 11) is 0. The van der Waals surface area contributed by atoms with Crippen molar-refractivity contribution in [1.29, 1.82) is 0 Å². The number of nitrogen functional groups attached to an aromatic ring is 1. The van der Waals surface area contributed by atoms with Crippen LogP contribution in [0.2, 0.25) is 5.02 Å². The van der Waals surface area contributed by atoms with Crippen molar-refractivity contribution in [2.75, 3.05) is 5.73 Å². The highest BCUT2D eigenvalue weighted by atomic mass is 35.5. The molecule has 0 atom stereocenters. The van der Waals surface area contributed by atoms with Gasteiger partial charge in [0.2, 0.25) is 0 Å². The van der Waals surface area contributed by atoms with Gasteiger partial charge >= 0.3 is 0 Å². The number of benzene rings is 1. The van der Waals surface area contributed by atoms with Gasteiger partial charge in [0.05, 0.1) is 0 Å². The fraction of sp³-hybridized carbons (Fsp3) is 0.308. The van der Waals surface area contributed by atoms with Gasteiger partial charge in [-0.1, -0.05) is 30.2 Å². The first-order valence-corrected chi connectivity index (χ1v) is 6.23. The van der Waals surface area contributed by atoms with Crippen molar-refractivity contribution in [2.45, 2.75) is 25.2 Å². The number of aromatic amines is 1. The van der Waals surface area contributed by atoms with Crippen molar-refractivity contribution in [3.8, 4) is 11.1 Å². The van der Waals surface area contributed by atoms with E-state index in [1.54, 1.807) is 0 Å². The van der Waals surface area contributed by atoms with Crippen LogP contribution in [-0.2, 0) is 0 Å². The average molecular weight is 248 g/mol. The van der Waals surface area contributed by atoms with Crippen LogP contribution in [0.25, 0.3) is 11.1 Å². The Balaban J connectivity index is 2.09. The van der Waals surface area contributed by atoms with Gasteiger partial charge in [0.25, 0.3) is 0 Å². The highest BCUT2D eigenvalue weighted by Gasteiger charge is 2.26. The number of nitrogens with two attached hydrogens (primary N) is 1. The summed E-state index contributed by atoms with van der Waals surface area (Å²) in [5, 5.41) is 7.94. The molecule has 3 nitrogen and oxygen atoms in total. The second kappa shape index (κ2) is 4.08. The average Bonchev–Trinajstić information content (AvgIpc) is 2.58. The van der Waals surface area contributed by atoms with Gasteiger partial charge in [-0.2, -0.15) is 5.10 Å². The molecule has 0 bridgehead atoms. The lowest BCUT2D eigenvalue weighted by Gasteiger charge is -2.25. The number of H-pyrrole nitrogens is 1. The minimum Gasteiger partial charge on any atom is -0.382 e. The van der Waals surface area contributed by atoms with Gasteiger partial charge in [0.15, 0.2) is 5.82 Å². The molecule has 1 fully saturated rings. The topological polar surface area (TPSA) is 54.7 Å². The second-order valence-electron chi connectivity index (χ2n) is 4.54. The van der Waals surface area contributed by atoms with Gasteiger partial charge < -0.3 is 5.73 Å². The first-order valence-electron chi connectivity index (χ1n) is 5.85. The Kier molecular flexibility index (Phi) is 2.56. The summed E-state index contributed by atoms with van der Waals surface area (Å²) in [4.78, 5) is 0. The van der Waals surface area contributed by atoms with Crippen molar-refractivity contribution in [1.82, 2.24) is 10.2 Å². The minimum absolute atomic E-state index is 0.564. The van der Waals surface area contributed by atoms with Crippen LogP contribution < -0.4 is 5.73 Å². The summed E-state index contributed by atoms with van der Waals surface area (Å²) >= 11 is 6.02. The molecule has 2 aromatic rings. The summed E-state index contributed by atoms with van der Waals surface area (Å²) in [5.41, 5.74) is 9.19. The van der Waals surface area contributed by atoms with E-state index >= 15 is 0 Å². The summed E-state index contributed by atoms with van der Waals surface area (Å²) in [6.45, 7) is 0. The number of hydrogen-bond donors (Lipinski definition) is 2. The quantitative estimate of drug-likeness (QED) is 0.852. The van der Waals surface area contributed by atoms with Crippen LogP contribution in [0.15, 0.2) is 24.3 Å². The molecule has 1 aromatic heterocycles. The molecule has 0 aliphatic heterocycles. The zero-order chi connectivity index (χ0) is 11.8. The molecule has 0 radical (unpaired) electrons. The molecule has 4 heteroatoms. The molecule has 0 saturated heterocycles. The van der Waals surface area contributed by atoms with Crippen molar-refractivity contribution < 1.29 is 0 Å². The minimum atomic E-state index is 0.564. The Morgan fingerprint density at radius 1 is 1.35 bits per heavy atom. The van der Waals surface area contributed by atoms with E-state index in [1.165, 1.54) is 19.3 Å². The number of halogens is 1. The number of hydrogen-bond acceptors (Lipinski definition) is 2. The van der Waals surface area contributed by atoms with E-state index in [1.807, 2.05) is 24.3 Å². The predicted molar refractivity (Wildman–Crippen MR) is 70.0 cm³/mol. The SMILES string of the molecule is Nc1n[nH]c(C2CCC2)c1-c1cccc(Cl)c1. The molecule has 0 amide bonds. The lowest BCUT2D eigenvalue weighted by atomic mass is 9.80. The molecule has 3 rings (SSSR count). The van der Waals surface area contributed by atoms with Crippen molar-refractivity contribution in [2.24, 2.45) is 0 Å². The molecule has 1 aliphatic rings. The fourth-order valence-electron chi connectivity index (χ4n) is 2.31. The van der Waals surface area contributed by atoms with E-state index in [2.05, 4.69) is 10.2 Å². The zero-order valence-corrected chi connectivity index (χ0v) is 10.2. The maximum absolute atomic E-state index is 6.02. The second-order valence-corrected chi connectivity index (χ2v) is 4.97. The first-order chi connectivity index (χ1) is 8.25. The van der Waals surface area contributed by atoms with E-state index < -0.39 is 0 Å². The molecule has 0 spiro atoms. The third-order valence-electron chi connectivity index (χ3n) is 3.45. The maximum Gasteiger partial charge on any atom is 0.153 e. The summed E-state index contributed by atoms with van der Waals surface area (Å²) in [6.07, 6.45) is 3.73. The lowest BCUT2D eigenvalue weighted by molar-refractivity contribution is 0.411. The standard InChI is InChI=1S/C13H14ClN3/c14-10-6-2-5-9(7-10)11-12(8-3-1-4-8)16-17-13(11)15/h2,5-8H,1,3-4H2,(H3,15,16,17). The van der Waals surface area contributed by atoms with Crippen molar-refractivity contribution in [3.63, 3.8) is 0 Å². The highest BCUT2D eigenvalue weighted by molar-refractivity contribution is 6.30. The molecule has 1 heterocycles. The van der Waals surface area contributed by atoms with Crippen LogP contribution in [0, 0.1) is 0 Å². The molecule has 1 aliphatic carbocycles. The molecule has 1 saturated carbocycles. The third-order valence-corrected chi connectivity index (χ3v) is 3.68. The zero-order valence-electron chi connectivity index (χ0n) is 9.41. The highest BCUT2D eigenvalue weighted by Crippen LogP contribution is 2.42. The third kappa shape index (κ3) is 1.80. The molecule has 0 unspecified atom stereocenters. The van der Waals surface area contributed by atoms with Gasteiger partial charge in [-0.3, -0.25) is 5.10 Å². The van der Waals surface area contributed by atoms with Crippen LogP contribution in [0.3, 0.4) is 0 Å². The van der Waals surface area contributed by atoms with Crippen LogP contribution in [-0.4, -0.2) is 10.2 Å². The number of aromatic nitrogens is 2. The summed E-state index contributed by atoms with van der Waals surface area (Å²) in [6, 6.07) is 7.76. The van der Waals surface area contributed by atoms with Crippen LogP contribution in [0.1, 0.15) is 30.9 Å². The van der Waals surface area contributed by atoms with Gasteiger partial charge in [0.1, 0.15) is 0 Å². The van der Waals surface area contributed by atoms with E-state index in [0.29, 0.717) is 11.7 Å². The number of nitrogens with zero attached hydrogens (tertiary/aromatic N) is 1. The van der Waals surface area contributed by atoms with Crippen molar-refractivity contribution in [3.05, 3.63) is 35.0 Å². The number of rotatable bonds is 2. The Morgan fingerprint density at radius 2 is 2.18 bits per heavy atom. The van der Waals surface area contributed by atoms with Gasteiger partial charge in [-0.25, -0.2) is 0 Å². The van der Waals surface area contributed by atoms with Crippen LogP contribution in [0.4, 0.5) is 5.82 Å². The molecule has 17 heavy (non-hydrogen) atoms. The van der Waals surface area contributed by atoms with E-state index in [0.717, 1.165) is 21.8 Å². The Bertz CT molecular complexity index is 543. The van der Waals surface area contributed by atoms with Gasteiger partial charge in [-0.05, 0) is 30.5 Å². The lowest BCUT2D eigenvalue weighted by Crippen LogP contribution is -2.10. The maximum atomic E-state index is 6.02. The van der Waals surface area contributed by atoms with E-state index in [-0.39, 0.29) is 0 Å². The van der Waals surface area contributed by atoms with Crippen LogP contribution in [0.5, 0.6) is 0 Å². The van der Waals surface area contributed by atoms with Gasteiger partial charge in [0, 0.05) is 22.2 Å². The van der Waals surface area contributed by atoms with E-state index in [4.69, 9.17) is 17.3 Å². The predicted octanol–water partition coefficient (Wildman–Crippen LogP) is 3.58. The number of anilines is 1.